The molecule has 0 saturated heterocycles. The lowest BCUT2D eigenvalue weighted by atomic mass is 10.1. The van der Waals surface area contributed by atoms with E-state index in [1.54, 1.807) is 11.4 Å². The van der Waals surface area contributed by atoms with E-state index in [-0.39, 0.29) is 0 Å². The van der Waals surface area contributed by atoms with E-state index >= 15 is 0 Å². The lowest BCUT2D eigenvalue weighted by Gasteiger charge is -2.15. The lowest BCUT2D eigenvalue weighted by Crippen LogP contribution is -2.16. The van der Waals surface area contributed by atoms with Gasteiger partial charge in [0.1, 0.15) is 5.15 Å². The molecule has 0 spiro atoms. The van der Waals surface area contributed by atoms with Gasteiger partial charge in [0.25, 0.3) is 0 Å². The molecule has 17 heavy (non-hydrogen) atoms. The van der Waals surface area contributed by atoms with Gasteiger partial charge in [-0.25, -0.2) is 4.98 Å². The highest BCUT2D eigenvalue weighted by Gasteiger charge is 2.06. The van der Waals surface area contributed by atoms with Crippen molar-refractivity contribution < 1.29 is 0 Å². The van der Waals surface area contributed by atoms with Crippen LogP contribution in [0.15, 0.2) is 29.6 Å². The molecule has 1 aromatic carbocycles. The van der Waals surface area contributed by atoms with E-state index in [1.807, 2.05) is 30.1 Å². The van der Waals surface area contributed by atoms with Crippen molar-refractivity contribution in [3.8, 4) is 6.07 Å². The zero-order valence-electron chi connectivity index (χ0n) is 9.22. The summed E-state index contributed by atoms with van der Waals surface area (Å²) in [6, 6.07) is 9.69. The highest BCUT2D eigenvalue weighted by Crippen LogP contribution is 2.23. The fourth-order valence-electron chi connectivity index (χ4n) is 1.50. The topological polar surface area (TPSA) is 39.9 Å². The van der Waals surface area contributed by atoms with Crippen molar-refractivity contribution in [2.24, 2.45) is 0 Å². The average molecular weight is 264 g/mol. The molecule has 0 N–H and O–H groups in total. The molecule has 0 aliphatic carbocycles. The van der Waals surface area contributed by atoms with E-state index in [0.29, 0.717) is 17.3 Å². The second-order valence-corrected chi connectivity index (χ2v) is 4.84. The fraction of sp³-hybridized carbons (Fsp3) is 0.167. The SMILES string of the molecule is CN(Cc1cccc(C#N)c1)c1nc(Cl)cs1. The average Bonchev–Trinajstić information content (AvgIpc) is 2.76. The summed E-state index contributed by atoms with van der Waals surface area (Å²) >= 11 is 7.29. The van der Waals surface area contributed by atoms with E-state index in [0.717, 1.165) is 10.7 Å². The summed E-state index contributed by atoms with van der Waals surface area (Å²) in [5, 5.41) is 12.0. The van der Waals surface area contributed by atoms with Crippen molar-refractivity contribution in [1.29, 1.82) is 5.26 Å². The zero-order chi connectivity index (χ0) is 12.3. The first kappa shape index (κ1) is 11.9. The van der Waals surface area contributed by atoms with E-state index in [4.69, 9.17) is 16.9 Å². The normalized spacial score (nSPS) is 9.94. The van der Waals surface area contributed by atoms with Crippen LogP contribution in [-0.2, 0) is 6.54 Å². The Morgan fingerprint density at radius 2 is 2.35 bits per heavy atom. The van der Waals surface area contributed by atoms with Crippen LogP contribution in [0.3, 0.4) is 0 Å². The molecular formula is C12H10ClN3S. The van der Waals surface area contributed by atoms with Crippen molar-refractivity contribution in [2.75, 3.05) is 11.9 Å². The van der Waals surface area contributed by atoms with Gasteiger partial charge in [-0.1, -0.05) is 23.7 Å². The van der Waals surface area contributed by atoms with E-state index in [2.05, 4.69) is 11.1 Å². The second-order valence-electron chi connectivity index (χ2n) is 3.62. The molecule has 86 valence electrons. The Kier molecular flexibility index (Phi) is 3.62. The molecule has 3 nitrogen and oxygen atoms in total. The number of aromatic nitrogens is 1. The number of benzene rings is 1. The minimum Gasteiger partial charge on any atom is -0.347 e. The molecule has 5 heteroatoms. The minimum absolute atomic E-state index is 0.516. The molecule has 2 aromatic rings. The third kappa shape index (κ3) is 2.96. The van der Waals surface area contributed by atoms with E-state index in [1.165, 1.54) is 11.3 Å². The Morgan fingerprint density at radius 3 is 3.00 bits per heavy atom. The Labute approximate surface area is 109 Å². The molecule has 2 rings (SSSR count). The smallest absolute Gasteiger partial charge is 0.186 e. The van der Waals surface area contributed by atoms with E-state index in [9.17, 15) is 0 Å². The number of thiazole rings is 1. The molecule has 0 saturated carbocycles. The van der Waals surface area contributed by atoms with Gasteiger partial charge in [-0.05, 0) is 17.7 Å². The maximum absolute atomic E-state index is 8.83. The number of anilines is 1. The maximum atomic E-state index is 8.83. The van der Waals surface area contributed by atoms with Gasteiger partial charge in [-0.2, -0.15) is 5.26 Å². The number of hydrogen-bond acceptors (Lipinski definition) is 4. The summed E-state index contributed by atoms with van der Waals surface area (Å²) in [6.45, 7) is 0.708. The summed E-state index contributed by atoms with van der Waals surface area (Å²) in [5.74, 6) is 0. The molecule has 0 aliphatic rings. The van der Waals surface area contributed by atoms with Crippen LogP contribution >= 0.6 is 22.9 Å². The third-order valence-corrected chi connectivity index (χ3v) is 3.54. The molecule has 0 amide bonds. The standard InChI is InChI=1S/C12H10ClN3S/c1-16(12-15-11(13)8-17-12)7-10-4-2-3-9(5-10)6-14/h2-5,8H,7H2,1H3. The van der Waals surface area contributed by atoms with Crippen molar-refractivity contribution in [2.45, 2.75) is 6.54 Å². The molecule has 0 aliphatic heterocycles. The predicted molar refractivity (Wildman–Crippen MR) is 70.4 cm³/mol. The first-order chi connectivity index (χ1) is 8.19. The van der Waals surface area contributed by atoms with Gasteiger partial charge in [0.05, 0.1) is 11.6 Å². The van der Waals surface area contributed by atoms with Gasteiger partial charge in [0, 0.05) is 19.0 Å². The highest BCUT2D eigenvalue weighted by molar-refractivity contribution is 7.14. The number of rotatable bonds is 3. The van der Waals surface area contributed by atoms with Crippen LogP contribution in [0.5, 0.6) is 0 Å². The van der Waals surface area contributed by atoms with Gasteiger partial charge in [0.15, 0.2) is 5.13 Å². The van der Waals surface area contributed by atoms with Gasteiger partial charge < -0.3 is 4.90 Å². The van der Waals surface area contributed by atoms with Crippen LogP contribution in [0.1, 0.15) is 11.1 Å². The summed E-state index contributed by atoms with van der Waals surface area (Å²) < 4.78 is 0. The first-order valence-corrected chi connectivity index (χ1v) is 6.26. The lowest BCUT2D eigenvalue weighted by molar-refractivity contribution is 0.914. The summed E-state index contributed by atoms with van der Waals surface area (Å²) in [5.41, 5.74) is 1.76. The Balaban J connectivity index is 2.13. The predicted octanol–water partition coefficient (Wildman–Crippen LogP) is 3.30. The van der Waals surface area contributed by atoms with Crippen molar-refractivity contribution in [1.82, 2.24) is 4.98 Å². The van der Waals surface area contributed by atoms with Crippen molar-refractivity contribution in [3.05, 3.63) is 45.9 Å². The Bertz CT molecular complexity index is 559. The van der Waals surface area contributed by atoms with Crippen molar-refractivity contribution in [3.63, 3.8) is 0 Å². The Morgan fingerprint density at radius 1 is 1.53 bits per heavy atom. The first-order valence-electron chi connectivity index (χ1n) is 5.00. The summed E-state index contributed by atoms with van der Waals surface area (Å²) in [7, 11) is 1.95. The summed E-state index contributed by atoms with van der Waals surface area (Å²) in [4.78, 5) is 6.20. The van der Waals surface area contributed by atoms with Gasteiger partial charge in [-0.3, -0.25) is 0 Å². The van der Waals surface area contributed by atoms with E-state index < -0.39 is 0 Å². The van der Waals surface area contributed by atoms with Crippen LogP contribution < -0.4 is 4.90 Å². The van der Waals surface area contributed by atoms with Crippen LogP contribution in [0.25, 0.3) is 0 Å². The largest absolute Gasteiger partial charge is 0.347 e. The number of hydrogen-bond donors (Lipinski definition) is 0. The third-order valence-electron chi connectivity index (χ3n) is 2.27. The fourth-order valence-corrected chi connectivity index (χ4v) is 2.42. The monoisotopic (exact) mass is 263 g/mol. The van der Waals surface area contributed by atoms with Gasteiger partial charge in [-0.15, -0.1) is 11.3 Å². The van der Waals surface area contributed by atoms with Crippen LogP contribution in [0, 0.1) is 11.3 Å². The zero-order valence-corrected chi connectivity index (χ0v) is 10.8. The molecular weight excluding hydrogens is 254 g/mol. The highest BCUT2D eigenvalue weighted by atomic mass is 35.5. The second kappa shape index (κ2) is 5.17. The van der Waals surface area contributed by atoms with Gasteiger partial charge >= 0.3 is 0 Å². The number of nitriles is 1. The van der Waals surface area contributed by atoms with Gasteiger partial charge in [0.2, 0.25) is 0 Å². The maximum Gasteiger partial charge on any atom is 0.186 e. The quantitative estimate of drug-likeness (QED) is 0.853. The molecule has 1 heterocycles. The van der Waals surface area contributed by atoms with Crippen molar-refractivity contribution >= 4 is 28.1 Å². The summed E-state index contributed by atoms with van der Waals surface area (Å²) in [6.07, 6.45) is 0. The minimum atomic E-state index is 0.516. The molecule has 0 radical (unpaired) electrons. The molecule has 0 bridgehead atoms. The Hall–Kier alpha value is -1.57. The number of nitrogens with zero attached hydrogens (tertiary/aromatic N) is 3. The van der Waals surface area contributed by atoms with Crippen LogP contribution in [-0.4, -0.2) is 12.0 Å². The molecule has 0 unspecified atom stereocenters. The molecule has 1 aromatic heterocycles. The molecule has 0 fully saturated rings. The molecule has 0 atom stereocenters. The van der Waals surface area contributed by atoms with Crippen LogP contribution in [0.2, 0.25) is 5.15 Å². The number of halogens is 1. The van der Waals surface area contributed by atoms with Crippen LogP contribution in [0.4, 0.5) is 5.13 Å².